The fourth-order valence-corrected chi connectivity index (χ4v) is 3.55. The molecular weight excluding hydrogens is 258 g/mol. The van der Waals surface area contributed by atoms with Crippen molar-refractivity contribution in [2.24, 2.45) is 0 Å². The molecule has 2 rings (SSSR count). The fourth-order valence-electron chi connectivity index (χ4n) is 2.08. The standard InChI is InChI=1S/C11H16BrNS/c1-8(11-6-9(12)7-14-11)13-10-4-2-3-5-10/h6-8,10,13H,2-5H2,1H3. The molecule has 0 bridgehead atoms. The van der Waals surface area contributed by atoms with Crippen molar-refractivity contribution >= 4 is 27.3 Å². The number of thiophene rings is 1. The summed E-state index contributed by atoms with van der Waals surface area (Å²) in [7, 11) is 0. The Morgan fingerprint density at radius 1 is 1.50 bits per heavy atom. The van der Waals surface area contributed by atoms with Crippen LogP contribution in [0.4, 0.5) is 0 Å². The summed E-state index contributed by atoms with van der Waals surface area (Å²) in [4.78, 5) is 1.43. The highest BCUT2D eigenvalue weighted by molar-refractivity contribution is 9.10. The van der Waals surface area contributed by atoms with Gasteiger partial charge in [0.2, 0.25) is 0 Å². The average Bonchev–Trinajstić information content (AvgIpc) is 2.75. The molecule has 0 aliphatic heterocycles. The van der Waals surface area contributed by atoms with Gasteiger partial charge >= 0.3 is 0 Å². The molecule has 1 saturated carbocycles. The van der Waals surface area contributed by atoms with Crippen LogP contribution in [0.2, 0.25) is 0 Å². The molecule has 0 spiro atoms. The van der Waals surface area contributed by atoms with Gasteiger partial charge in [-0.3, -0.25) is 0 Å². The van der Waals surface area contributed by atoms with Gasteiger partial charge in [-0.05, 0) is 41.8 Å². The highest BCUT2D eigenvalue weighted by atomic mass is 79.9. The summed E-state index contributed by atoms with van der Waals surface area (Å²) in [5.74, 6) is 0. The molecule has 1 aromatic rings. The Hall–Kier alpha value is 0.140. The van der Waals surface area contributed by atoms with Crippen LogP contribution in [0.1, 0.15) is 43.5 Å². The van der Waals surface area contributed by atoms with E-state index < -0.39 is 0 Å². The number of hydrogen-bond donors (Lipinski definition) is 1. The molecule has 1 aliphatic carbocycles. The van der Waals surface area contributed by atoms with E-state index in [1.807, 2.05) is 11.3 Å². The second-order valence-electron chi connectivity index (χ2n) is 4.04. The highest BCUT2D eigenvalue weighted by Crippen LogP contribution is 2.27. The molecule has 0 aromatic carbocycles. The summed E-state index contributed by atoms with van der Waals surface area (Å²) in [6.45, 7) is 2.26. The number of hydrogen-bond acceptors (Lipinski definition) is 2. The lowest BCUT2D eigenvalue weighted by Gasteiger charge is -2.17. The second kappa shape index (κ2) is 4.77. The predicted molar refractivity (Wildman–Crippen MR) is 65.8 cm³/mol. The summed E-state index contributed by atoms with van der Waals surface area (Å²) in [5.41, 5.74) is 0. The molecule has 1 heterocycles. The van der Waals surface area contributed by atoms with E-state index >= 15 is 0 Å². The van der Waals surface area contributed by atoms with E-state index in [4.69, 9.17) is 0 Å². The number of nitrogens with one attached hydrogen (secondary N) is 1. The van der Waals surface area contributed by atoms with Gasteiger partial charge in [-0.25, -0.2) is 0 Å². The molecule has 1 aliphatic rings. The van der Waals surface area contributed by atoms with Crippen molar-refractivity contribution in [2.45, 2.75) is 44.7 Å². The Bertz CT molecular complexity index is 291. The monoisotopic (exact) mass is 273 g/mol. The van der Waals surface area contributed by atoms with E-state index in [1.165, 1.54) is 35.0 Å². The molecule has 0 amide bonds. The molecule has 1 nitrogen and oxygen atoms in total. The van der Waals surface area contributed by atoms with Gasteiger partial charge in [0.15, 0.2) is 0 Å². The van der Waals surface area contributed by atoms with Crippen LogP contribution >= 0.6 is 27.3 Å². The molecule has 14 heavy (non-hydrogen) atoms. The molecule has 1 N–H and O–H groups in total. The largest absolute Gasteiger partial charge is 0.307 e. The first-order valence-corrected chi connectivity index (χ1v) is 6.93. The predicted octanol–water partition coefficient (Wildman–Crippen LogP) is 4.10. The normalized spacial score (nSPS) is 20.1. The van der Waals surface area contributed by atoms with Crippen LogP contribution in [0.25, 0.3) is 0 Å². The molecule has 1 unspecified atom stereocenters. The van der Waals surface area contributed by atoms with Gasteiger partial charge in [-0.1, -0.05) is 12.8 Å². The summed E-state index contributed by atoms with van der Waals surface area (Å²) in [5, 5.41) is 5.85. The maximum absolute atomic E-state index is 3.70. The third-order valence-electron chi connectivity index (χ3n) is 2.86. The average molecular weight is 274 g/mol. The van der Waals surface area contributed by atoms with E-state index in [-0.39, 0.29) is 0 Å². The Kier molecular flexibility index (Phi) is 3.63. The van der Waals surface area contributed by atoms with Crippen molar-refractivity contribution in [2.75, 3.05) is 0 Å². The molecular formula is C11H16BrNS. The molecule has 1 fully saturated rings. The molecule has 0 saturated heterocycles. The van der Waals surface area contributed by atoms with Crippen LogP contribution in [0, 0.1) is 0 Å². The third kappa shape index (κ3) is 2.59. The van der Waals surface area contributed by atoms with Crippen LogP contribution in [0.5, 0.6) is 0 Å². The van der Waals surface area contributed by atoms with E-state index in [0.717, 1.165) is 6.04 Å². The lowest BCUT2D eigenvalue weighted by Crippen LogP contribution is -2.28. The van der Waals surface area contributed by atoms with Crippen LogP contribution in [0.15, 0.2) is 15.9 Å². The molecule has 0 radical (unpaired) electrons. The van der Waals surface area contributed by atoms with Crippen LogP contribution < -0.4 is 5.32 Å². The minimum Gasteiger partial charge on any atom is -0.307 e. The van der Waals surface area contributed by atoms with Gasteiger partial charge in [0, 0.05) is 26.8 Å². The maximum Gasteiger partial charge on any atom is 0.0388 e. The van der Waals surface area contributed by atoms with Gasteiger partial charge in [0.1, 0.15) is 0 Å². The zero-order chi connectivity index (χ0) is 9.97. The Morgan fingerprint density at radius 3 is 2.79 bits per heavy atom. The van der Waals surface area contributed by atoms with Gasteiger partial charge in [-0.15, -0.1) is 11.3 Å². The zero-order valence-corrected chi connectivity index (χ0v) is 10.8. The van der Waals surface area contributed by atoms with Gasteiger partial charge in [0.25, 0.3) is 0 Å². The Morgan fingerprint density at radius 2 is 2.21 bits per heavy atom. The van der Waals surface area contributed by atoms with Gasteiger partial charge < -0.3 is 5.32 Å². The molecule has 1 atom stereocenters. The van der Waals surface area contributed by atoms with Crippen molar-refractivity contribution in [1.29, 1.82) is 0 Å². The van der Waals surface area contributed by atoms with E-state index in [0.29, 0.717) is 6.04 Å². The smallest absolute Gasteiger partial charge is 0.0388 e. The summed E-state index contributed by atoms with van der Waals surface area (Å²) < 4.78 is 1.21. The highest BCUT2D eigenvalue weighted by Gasteiger charge is 2.18. The molecule has 78 valence electrons. The van der Waals surface area contributed by atoms with E-state index in [9.17, 15) is 0 Å². The van der Waals surface area contributed by atoms with Crippen molar-refractivity contribution in [3.8, 4) is 0 Å². The van der Waals surface area contributed by atoms with Crippen LogP contribution in [0.3, 0.4) is 0 Å². The Balaban J connectivity index is 1.91. The van der Waals surface area contributed by atoms with Gasteiger partial charge in [0.05, 0.1) is 0 Å². The second-order valence-corrected chi connectivity index (χ2v) is 5.90. The van der Waals surface area contributed by atoms with Crippen LogP contribution in [-0.2, 0) is 0 Å². The lowest BCUT2D eigenvalue weighted by molar-refractivity contribution is 0.465. The third-order valence-corrected chi connectivity index (χ3v) is 4.73. The lowest BCUT2D eigenvalue weighted by atomic mass is 10.2. The summed E-state index contributed by atoms with van der Waals surface area (Å²) >= 11 is 5.33. The number of rotatable bonds is 3. The van der Waals surface area contributed by atoms with Crippen molar-refractivity contribution in [3.63, 3.8) is 0 Å². The minimum atomic E-state index is 0.509. The minimum absolute atomic E-state index is 0.509. The first-order chi connectivity index (χ1) is 6.75. The number of halogens is 1. The SMILES string of the molecule is CC(NC1CCCC1)c1cc(Br)cs1. The molecule has 3 heteroatoms. The topological polar surface area (TPSA) is 12.0 Å². The van der Waals surface area contributed by atoms with Crippen molar-refractivity contribution < 1.29 is 0 Å². The Labute approximate surface area is 98.0 Å². The summed E-state index contributed by atoms with van der Waals surface area (Å²) in [6.07, 6.45) is 5.52. The summed E-state index contributed by atoms with van der Waals surface area (Å²) in [6, 6.07) is 3.48. The van der Waals surface area contributed by atoms with Gasteiger partial charge in [-0.2, -0.15) is 0 Å². The van der Waals surface area contributed by atoms with E-state index in [2.05, 4.69) is 39.6 Å². The quantitative estimate of drug-likeness (QED) is 0.874. The fraction of sp³-hybridized carbons (Fsp3) is 0.636. The molecule has 1 aromatic heterocycles. The zero-order valence-electron chi connectivity index (χ0n) is 8.42. The maximum atomic E-state index is 3.70. The first-order valence-electron chi connectivity index (χ1n) is 5.25. The first kappa shape index (κ1) is 10.7. The van der Waals surface area contributed by atoms with Crippen LogP contribution in [-0.4, -0.2) is 6.04 Å². The van der Waals surface area contributed by atoms with Crippen molar-refractivity contribution in [1.82, 2.24) is 5.32 Å². The van der Waals surface area contributed by atoms with E-state index in [1.54, 1.807) is 0 Å². The van der Waals surface area contributed by atoms with Crippen molar-refractivity contribution in [3.05, 3.63) is 20.8 Å².